The Morgan fingerprint density at radius 1 is 1.14 bits per heavy atom. The molecule has 6 heteroatoms. The van der Waals surface area contributed by atoms with E-state index in [0.29, 0.717) is 24.6 Å². The van der Waals surface area contributed by atoms with Crippen LogP contribution in [0.2, 0.25) is 0 Å². The molecule has 3 nitrogen and oxygen atoms in total. The van der Waals surface area contributed by atoms with Crippen molar-refractivity contribution in [1.29, 1.82) is 0 Å². The van der Waals surface area contributed by atoms with Crippen LogP contribution >= 0.6 is 0 Å². The predicted molar refractivity (Wildman–Crippen MR) is 75.6 cm³/mol. The van der Waals surface area contributed by atoms with E-state index in [0.717, 1.165) is 12.1 Å². The molecule has 0 radical (unpaired) electrons. The summed E-state index contributed by atoms with van der Waals surface area (Å²) in [6.07, 6.45) is -4.32. The number of hydrogen-bond donors (Lipinski definition) is 2. The first-order chi connectivity index (χ1) is 9.70. The lowest BCUT2D eigenvalue weighted by molar-refractivity contribution is -0.137. The summed E-state index contributed by atoms with van der Waals surface area (Å²) in [4.78, 5) is 11.7. The minimum Gasteiger partial charge on any atom is -0.354 e. The summed E-state index contributed by atoms with van der Waals surface area (Å²) >= 11 is 0. The summed E-state index contributed by atoms with van der Waals surface area (Å²) in [5.74, 6) is 0.256. The van der Waals surface area contributed by atoms with Gasteiger partial charge < -0.3 is 10.6 Å². The molecule has 1 aromatic rings. The van der Waals surface area contributed by atoms with E-state index in [2.05, 4.69) is 10.6 Å². The predicted octanol–water partition coefficient (Wildman–Crippen LogP) is 2.96. The van der Waals surface area contributed by atoms with Gasteiger partial charge in [-0.1, -0.05) is 26.0 Å². The third-order valence-electron chi connectivity index (χ3n) is 2.97. The van der Waals surface area contributed by atoms with Gasteiger partial charge in [-0.2, -0.15) is 13.2 Å². The fourth-order valence-corrected chi connectivity index (χ4v) is 1.63. The van der Waals surface area contributed by atoms with Crippen molar-refractivity contribution in [3.63, 3.8) is 0 Å². The molecule has 0 aliphatic carbocycles. The maximum Gasteiger partial charge on any atom is 0.416 e. The fourth-order valence-electron chi connectivity index (χ4n) is 1.63. The molecule has 0 fully saturated rings. The molecule has 0 aliphatic rings. The molecule has 1 amide bonds. The number of carbonyl (C=O) groups excluding carboxylic acids is 1. The van der Waals surface area contributed by atoms with Gasteiger partial charge in [0.1, 0.15) is 0 Å². The smallest absolute Gasteiger partial charge is 0.354 e. The van der Waals surface area contributed by atoms with Gasteiger partial charge in [-0.15, -0.1) is 0 Å². The lowest BCUT2D eigenvalue weighted by Crippen LogP contribution is -2.42. The van der Waals surface area contributed by atoms with Gasteiger partial charge >= 0.3 is 6.18 Å². The fraction of sp³-hybridized carbons (Fsp3) is 0.533. The molecule has 1 rings (SSSR count). The molecule has 2 N–H and O–H groups in total. The normalized spacial score (nSPS) is 13.3. The van der Waals surface area contributed by atoms with E-state index < -0.39 is 17.8 Å². The Morgan fingerprint density at radius 2 is 1.71 bits per heavy atom. The van der Waals surface area contributed by atoms with Gasteiger partial charge in [0.05, 0.1) is 11.6 Å². The first-order valence-corrected chi connectivity index (χ1v) is 6.87. The molecule has 0 bridgehead atoms. The summed E-state index contributed by atoms with van der Waals surface area (Å²) in [7, 11) is 0. The number of hydrogen-bond acceptors (Lipinski definition) is 2. The molecular weight excluding hydrogens is 281 g/mol. The number of carbonyl (C=O) groups is 1. The van der Waals surface area contributed by atoms with E-state index in [1.165, 1.54) is 12.1 Å². The summed E-state index contributed by atoms with van der Waals surface area (Å²) in [5, 5.41) is 5.78. The van der Waals surface area contributed by atoms with E-state index in [1.807, 2.05) is 13.8 Å². The topological polar surface area (TPSA) is 41.1 Å². The maximum absolute atomic E-state index is 12.4. The zero-order valence-electron chi connectivity index (χ0n) is 12.4. The highest BCUT2D eigenvalue weighted by atomic mass is 19.4. The van der Waals surface area contributed by atoms with E-state index in [4.69, 9.17) is 0 Å². The monoisotopic (exact) mass is 302 g/mol. The van der Waals surface area contributed by atoms with Gasteiger partial charge in [-0.3, -0.25) is 4.79 Å². The maximum atomic E-state index is 12.4. The highest BCUT2D eigenvalue weighted by Crippen LogP contribution is 2.29. The molecule has 1 unspecified atom stereocenters. The number of nitrogens with one attached hydrogen (secondary N) is 2. The van der Waals surface area contributed by atoms with Crippen LogP contribution in [0.15, 0.2) is 24.3 Å². The third-order valence-corrected chi connectivity index (χ3v) is 2.97. The first-order valence-electron chi connectivity index (χ1n) is 6.87. The second-order valence-electron chi connectivity index (χ2n) is 5.44. The van der Waals surface area contributed by atoms with Crippen molar-refractivity contribution >= 4 is 5.91 Å². The zero-order valence-corrected chi connectivity index (χ0v) is 12.4. The van der Waals surface area contributed by atoms with Gasteiger partial charge in [0.15, 0.2) is 0 Å². The van der Waals surface area contributed by atoms with Crippen LogP contribution in [0.25, 0.3) is 0 Å². The van der Waals surface area contributed by atoms with Gasteiger partial charge in [0.2, 0.25) is 5.91 Å². The van der Waals surface area contributed by atoms with Crippen molar-refractivity contribution in [3.05, 3.63) is 35.4 Å². The van der Waals surface area contributed by atoms with Crippen molar-refractivity contribution in [2.45, 2.75) is 39.5 Å². The van der Waals surface area contributed by atoms with E-state index in [1.54, 1.807) is 6.92 Å². The Hall–Kier alpha value is -1.56. The molecule has 0 aliphatic heterocycles. The lowest BCUT2D eigenvalue weighted by Gasteiger charge is -2.15. The summed E-state index contributed by atoms with van der Waals surface area (Å²) in [6, 6.07) is 4.51. The Morgan fingerprint density at radius 3 is 2.19 bits per heavy atom. The largest absolute Gasteiger partial charge is 0.416 e. The number of alkyl halides is 3. The van der Waals surface area contributed by atoms with Gasteiger partial charge in [-0.25, -0.2) is 0 Å². The minimum atomic E-state index is -4.32. The Balaban J connectivity index is 2.46. The first kappa shape index (κ1) is 17.5. The minimum absolute atomic E-state index is 0.115. The van der Waals surface area contributed by atoms with Crippen molar-refractivity contribution < 1.29 is 18.0 Å². The highest BCUT2D eigenvalue weighted by molar-refractivity contribution is 5.81. The van der Waals surface area contributed by atoms with E-state index in [9.17, 15) is 18.0 Å². The van der Waals surface area contributed by atoms with Crippen molar-refractivity contribution in [3.8, 4) is 0 Å². The average molecular weight is 302 g/mol. The number of amides is 1. The highest BCUT2D eigenvalue weighted by Gasteiger charge is 2.29. The van der Waals surface area contributed by atoms with Crippen LogP contribution in [0.1, 0.15) is 31.9 Å². The van der Waals surface area contributed by atoms with E-state index >= 15 is 0 Å². The van der Waals surface area contributed by atoms with Crippen LogP contribution in [0.5, 0.6) is 0 Å². The zero-order chi connectivity index (χ0) is 16.0. The Kier molecular flexibility index (Phi) is 6.20. The molecule has 118 valence electrons. The molecule has 0 aromatic heterocycles. The molecule has 0 saturated carbocycles. The molecule has 0 heterocycles. The number of benzene rings is 1. The van der Waals surface area contributed by atoms with Crippen LogP contribution < -0.4 is 10.6 Å². The number of halogens is 3. The van der Waals surface area contributed by atoms with Crippen LogP contribution in [0.4, 0.5) is 13.2 Å². The second kappa shape index (κ2) is 7.45. The molecule has 0 saturated heterocycles. The second-order valence-corrected chi connectivity index (χ2v) is 5.44. The third kappa shape index (κ3) is 6.16. The van der Waals surface area contributed by atoms with Crippen molar-refractivity contribution in [2.24, 2.45) is 5.92 Å². The summed E-state index contributed by atoms with van der Waals surface area (Å²) < 4.78 is 37.3. The quantitative estimate of drug-likeness (QED) is 0.848. The molecule has 1 atom stereocenters. The van der Waals surface area contributed by atoms with E-state index in [-0.39, 0.29) is 5.91 Å². The van der Waals surface area contributed by atoms with Gasteiger partial charge in [-0.05, 0) is 30.5 Å². The Bertz CT molecular complexity index is 455. The SMILES string of the molecule is CC(C)CNC(=O)C(C)NCc1ccc(C(F)(F)F)cc1. The molecule has 1 aromatic carbocycles. The summed E-state index contributed by atoms with van der Waals surface area (Å²) in [6.45, 7) is 6.67. The lowest BCUT2D eigenvalue weighted by atomic mass is 10.1. The summed E-state index contributed by atoms with van der Waals surface area (Å²) in [5.41, 5.74) is 0.0282. The van der Waals surface area contributed by atoms with Gasteiger partial charge in [0.25, 0.3) is 0 Å². The standard InChI is InChI=1S/C15H21F3N2O/c1-10(2)8-20-14(21)11(3)19-9-12-4-6-13(7-5-12)15(16,17)18/h4-7,10-11,19H,8-9H2,1-3H3,(H,20,21). The van der Waals surface area contributed by atoms with Crippen molar-refractivity contribution in [2.75, 3.05) is 6.54 Å². The van der Waals surface area contributed by atoms with Crippen molar-refractivity contribution in [1.82, 2.24) is 10.6 Å². The Labute approximate surface area is 122 Å². The average Bonchev–Trinajstić information content (AvgIpc) is 2.41. The van der Waals surface area contributed by atoms with Crippen LogP contribution in [0.3, 0.4) is 0 Å². The van der Waals surface area contributed by atoms with Crippen LogP contribution in [-0.4, -0.2) is 18.5 Å². The molecule has 0 spiro atoms. The van der Waals surface area contributed by atoms with Gasteiger partial charge in [0, 0.05) is 13.1 Å². The molecular formula is C15H21F3N2O. The van der Waals surface area contributed by atoms with Crippen LogP contribution in [0, 0.1) is 5.92 Å². The number of rotatable bonds is 6. The van der Waals surface area contributed by atoms with Crippen LogP contribution in [-0.2, 0) is 17.5 Å². The molecule has 21 heavy (non-hydrogen) atoms.